The first-order valence-corrected chi connectivity index (χ1v) is 35.1. The summed E-state index contributed by atoms with van der Waals surface area (Å²) in [5.74, 6) is -2.61. The van der Waals surface area contributed by atoms with Gasteiger partial charge in [-0.2, -0.15) is 0 Å². The summed E-state index contributed by atoms with van der Waals surface area (Å²) < 4.78 is 15.6. The molecule has 98 heavy (non-hydrogen) atoms. The van der Waals surface area contributed by atoms with Crippen LogP contribution in [0.3, 0.4) is 0 Å². The van der Waals surface area contributed by atoms with Crippen LogP contribution in [-0.4, -0.2) is 133 Å². The fraction of sp³-hybridized carbons (Fsp3) is 0.554. The number of fused-ring (bicyclic) bond motifs is 1. The summed E-state index contributed by atoms with van der Waals surface area (Å²) in [7, 11) is 3.49. The van der Waals surface area contributed by atoms with Crippen molar-refractivity contribution in [1.29, 1.82) is 0 Å². The van der Waals surface area contributed by atoms with Crippen LogP contribution in [0.4, 0.5) is 21.9 Å². The number of aromatic amines is 1. The van der Waals surface area contributed by atoms with Gasteiger partial charge in [0.15, 0.2) is 0 Å². The lowest BCUT2D eigenvalue weighted by Crippen LogP contribution is -2.43. The van der Waals surface area contributed by atoms with Crippen LogP contribution in [-0.2, 0) is 38.9 Å². The number of hydrogen-bond donors (Lipinski definition) is 7. The molecule has 2 atom stereocenters. The van der Waals surface area contributed by atoms with Gasteiger partial charge in [-0.15, -0.1) is 0 Å². The van der Waals surface area contributed by atoms with Gasteiger partial charge in [0, 0.05) is 99.3 Å². The molecule has 2 heterocycles. The van der Waals surface area contributed by atoms with Gasteiger partial charge in [0.05, 0.1) is 41.8 Å². The van der Waals surface area contributed by atoms with Gasteiger partial charge >= 0.3 is 23.4 Å². The number of amides is 6. The first-order chi connectivity index (χ1) is 47.0. The zero-order chi connectivity index (χ0) is 70.8. The van der Waals surface area contributed by atoms with Crippen LogP contribution in [0, 0.1) is 0 Å². The highest BCUT2D eigenvalue weighted by Gasteiger charge is 2.52. The standard InChI is InChI=1S/C65H96N10O8.C9H5NO5/c1-8-10-12-14-17-21-25-57(76)69-46-28-31-50-53(41-46)65(35-34-60(79)74(6)37-39-82-40-38-75(7)62(80)56-44-49(45-68-56)72-73-66)54-42-47(70-58(77)26-22-18-15-13-11-9-2)29-32-51(54)61(50)52-33-30-48(43-55(52)65)71-59(78)27-23-19-16-20-24-36-67-63(81)83-64(3,4)5;11-7(12)4-1-2-5-6(3-4)10-9(14)15-8(5)13/h28-33,41-43,49,56,61,68H,8-27,34-40,44-45H2,1-7H3,(H,67,81)(H,69,76)(H,70,77)(H,71,78);1-3H,(H,10,14)(H,11,12). The molecule has 0 radical (unpaired) electrons. The molecular weight excluding hydrogens is 1250 g/mol. The molecule has 1 aliphatic heterocycles. The molecule has 530 valence electrons. The van der Waals surface area contributed by atoms with Crippen molar-refractivity contribution in [3.63, 3.8) is 0 Å². The molecule has 1 aromatic heterocycles. The molecule has 0 spiro atoms. The number of carboxylic acid groups (broad SMARTS) is 1. The summed E-state index contributed by atoms with van der Waals surface area (Å²) in [6.07, 6.45) is 18.8. The Hall–Kier alpha value is -8.86. The Morgan fingerprint density at radius 2 is 1.15 bits per heavy atom. The van der Waals surface area contributed by atoms with Crippen molar-refractivity contribution in [2.45, 2.75) is 211 Å². The van der Waals surface area contributed by atoms with E-state index in [0.717, 1.165) is 110 Å². The van der Waals surface area contributed by atoms with Crippen LogP contribution in [0.25, 0.3) is 21.3 Å². The maximum Gasteiger partial charge on any atom is 0.419 e. The third-order valence-corrected chi connectivity index (χ3v) is 18.3. The summed E-state index contributed by atoms with van der Waals surface area (Å²) in [6.45, 7) is 12.1. The van der Waals surface area contributed by atoms with E-state index >= 15 is 0 Å². The van der Waals surface area contributed by atoms with Crippen molar-refractivity contribution in [3.8, 4) is 0 Å². The predicted octanol–water partition coefficient (Wildman–Crippen LogP) is 12.9. The van der Waals surface area contributed by atoms with E-state index in [1.807, 2.05) is 39.0 Å². The zero-order valence-electron chi connectivity index (χ0n) is 58.2. The molecule has 9 rings (SSSR count). The molecule has 2 unspecified atom stereocenters. The molecule has 7 N–H and O–H groups in total. The number of carboxylic acids is 1. The Balaban J connectivity index is 0.000000788. The number of aromatic carboxylic acids is 1. The van der Waals surface area contributed by atoms with E-state index in [9.17, 15) is 43.2 Å². The van der Waals surface area contributed by atoms with Crippen molar-refractivity contribution in [2.24, 2.45) is 5.11 Å². The highest BCUT2D eigenvalue weighted by molar-refractivity contribution is 5.95. The van der Waals surface area contributed by atoms with Crippen molar-refractivity contribution in [2.75, 3.05) is 69.4 Å². The lowest BCUT2D eigenvalue weighted by Gasteiger charge is -2.51. The van der Waals surface area contributed by atoms with Crippen molar-refractivity contribution >= 4 is 69.6 Å². The molecule has 24 heteroatoms. The van der Waals surface area contributed by atoms with E-state index < -0.39 is 40.5 Å². The molecule has 24 nitrogen and oxygen atoms in total. The van der Waals surface area contributed by atoms with Gasteiger partial charge < -0.3 is 55.4 Å². The third kappa shape index (κ3) is 22.1. The molecular formula is C74H101N11O13. The van der Waals surface area contributed by atoms with Crippen molar-refractivity contribution in [1.82, 2.24) is 25.4 Å². The lowest BCUT2D eigenvalue weighted by atomic mass is 9.51. The minimum absolute atomic E-state index is 0.0104. The number of carbonyl (C=O) groups is 7. The molecule has 0 saturated carbocycles. The number of alkyl carbamates (subject to hydrolysis) is 1. The Labute approximate surface area is 574 Å². The molecule has 3 aliphatic carbocycles. The van der Waals surface area contributed by atoms with E-state index in [4.69, 9.17) is 20.1 Å². The smallest absolute Gasteiger partial charge is 0.419 e. The Kier molecular flexibility index (Phi) is 29.5. The largest absolute Gasteiger partial charge is 0.478 e. The maximum atomic E-state index is 14.5. The van der Waals surface area contributed by atoms with Gasteiger partial charge in [-0.1, -0.05) is 121 Å². The maximum absolute atomic E-state index is 14.5. The van der Waals surface area contributed by atoms with Crippen LogP contribution in [0.1, 0.15) is 232 Å². The second-order valence-corrected chi connectivity index (χ2v) is 27.0. The number of nitrogens with zero attached hydrogens (tertiary/aromatic N) is 5. The summed E-state index contributed by atoms with van der Waals surface area (Å²) in [5.41, 5.74) is 14.8. The van der Waals surface area contributed by atoms with Crippen LogP contribution >= 0.6 is 0 Å². The minimum Gasteiger partial charge on any atom is -0.478 e. The topological polar surface area (TPSA) is 337 Å². The molecule has 1 fully saturated rings. The van der Waals surface area contributed by atoms with Gasteiger partial charge in [-0.3, -0.25) is 29.0 Å². The van der Waals surface area contributed by atoms with Gasteiger partial charge in [0.2, 0.25) is 29.5 Å². The lowest BCUT2D eigenvalue weighted by molar-refractivity contribution is -0.132. The second kappa shape index (κ2) is 37.8. The van der Waals surface area contributed by atoms with Crippen molar-refractivity contribution < 1.29 is 52.6 Å². The van der Waals surface area contributed by atoms with Crippen LogP contribution in [0.2, 0.25) is 0 Å². The number of unbranched alkanes of at least 4 members (excludes halogenated alkanes) is 14. The molecule has 1 saturated heterocycles. The summed E-state index contributed by atoms with van der Waals surface area (Å²) >= 11 is 0. The summed E-state index contributed by atoms with van der Waals surface area (Å²) in [6, 6.07) is 21.6. The fourth-order valence-corrected chi connectivity index (χ4v) is 13.1. The van der Waals surface area contributed by atoms with Gasteiger partial charge in [-0.05, 0) is 153 Å². The Morgan fingerprint density at radius 3 is 1.64 bits per heavy atom. The fourth-order valence-electron chi connectivity index (χ4n) is 13.1. The van der Waals surface area contributed by atoms with Crippen molar-refractivity contribution in [3.05, 3.63) is 143 Å². The van der Waals surface area contributed by atoms with Gasteiger partial charge in [0.1, 0.15) is 5.60 Å². The number of nitrogens with one attached hydrogen (secondary N) is 6. The number of aromatic nitrogens is 1. The number of ether oxygens (including phenoxy) is 2. The Morgan fingerprint density at radius 1 is 0.663 bits per heavy atom. The van der Waals surface area contributed by atoms with E-state index in [-0.39, 0.29) is 77.6 Å². The molecule has 6 amide bonds. The van der Waals surface area contributed by atoms with Crippen LogP contribution in [0.5, 0.6) is 0 Å². The molecule has 4 aromatic carbocycles. The number of benzene rings is 4. The zero-order valence-corrected chi connectivity index (χ0v) is 58.2. The van der Waals surface area contributed by atoms with Gasteiger partial charge in [0.25, 0.3) is 0 Å². The molecule has 2 bridgehead atoms. The number of H-pyrrole nitrogens is 1. The highest BCUT2D eigenvalue weighted by Crippen LogP contribution is 2.62. The predicted molar refractivity (Wildman–Crippen MR) is 379 cm³/mol. The summed E-state index contributed by atoms with van der Waals surface area (Å²) in [4.78, 5) is 122. The second-order valence-electron chi connectivity index (χ2n) is 27.0. The van der Waals surface area contributed by atoms with Crippen LogP contribution < -0.4 is 38.0 Å². The van der Waals surface area contributed by atoms with Crippen LogP contribution in [0.15, 0.2) is 91.9 Å². The quantitative estimate of drug-likeness (QED) is 0.00841. The van der Waals surface area contributed by atoms with E-state index in [2.05, 4.69) is 96.3 Å². The first kappa shape index (κ1) is 76.5. The average molecular weight is 1350 g/mol. The van der Waals surface area contributed by atoms with E-state index in [1.54, 1.807) is 23.9 Å². The number of anilines is 3. The third-order valence-electron chi connectivity index (χ3n) is 18.3. The average Bonchev–Trinajstić information content (AvgIpc) is 0.706. The number of hydrogen-bond acceptors (Lipinski definition) is 14. The first-order valence-electron chi connectivity index (χ1n) is 35.1. The number of azide groups is 1. The normalized spacial score (nSPS) is 16.3. The number of rotatable bonds is 37. The molecule has 4 aliphatic rings. The Bertz CT molecular complexity index is 3660. The molecule has 5 aromatic rings. The highest BCUT2D eigenvalue weighted by atomic mass is 16.6. The minimum atomic E-state index is -1.13. The van der Waals surface area contributed by atoms with E-state index in [1.165, 1.54) is 43.9 Å². The number of carbonyl (C=O) groups excluding carboxylic acids is 6. The monoisotopic (exact) mass is 1350 g/mol. The van der Waals surface area contributed by atoms with Gasteiger partial charge in [-0.25, -0.2) is 19.2 Å². The SMILES string of the molecule is CCCCCCCCC(=O)Nc1ccc2c(c1)C1(CCC(=O)N(C)CCOCCN(C)C(=O)C3CC(N=[N+]=[N-])CN3)c3cc(NC(=O)CCCCCCCC)ccc3C2c2ccc(NC(=O)CCCCCCCNC(=O)OC(C)(C)C)cc21.O=C(O)c1ccc2c(=O)oc(=O)[nH]c2c1. The van der Waals surface area contributed by atoms with E-state index in [0.29, 0.717) is 81.8 Å². The summed E-state index contributed by atoms with van der Waals surface area (Å²) in [5, 5.41) is 28.2. The number of likely N-dealkylation sites (N-methyl/N-ethyl adjacent to an activating group) is 2.